The number of benzene rings is 1. The Morgan fingerprint density at radius 1 is 1.30 bits per heavy atom. The molecular formula is C22H28F3N7O. The van der Waals surface area contributed by atoms with Crippen LogP contribution < -0.4 is 0 Å². The maximum atomic E-state index is 13.5. The molecule has 0 unspecified atom stereocenters. The Labute approximate surface area is 191 Å². The standard InChI is InChI=1S/C22H28F3N7O/c1-7-31(17(4)14-30(6)21(26-5)27-13-16(3)22(23,24)25)20(33)18-12-15(2)8-9-19(18)32-28-10-11-29-32/h8-13,17H,5,7,14H2,1-4,6H3/b16-13+,27-21?/t17-/m0/s1. The van der Waals surface area contributed by atoms with Crippen LogP contribution in [-0.4, -0.2) is 75.7 Å². The van der Waals surface area contributed by atoms with E-state index in [2.05, 4.69) is 26.9 Å². The summed E-state index contributed by atoms with van der Waals surface area (Å²) in [4.78, 5) is 25.6. The van der Waals surface area contributed by atoms with Crippen LogP contribution in [0, 0.1) is 6.92 Å². The first-order valence-electron chi connectivity index (χ1n) is 10.3. The molecule has 11 heteroatoms. The number of allylic oxidation sites excluding steroid dienone is 1. The number of carbonyl (C=O) groups is 1. The first-order valence-corrected chi connectivity index (χ1v) is 10.3. The van der Waals surface area contributed by atoms with Crippen molar-refractivity contribution in [2.24, 2.45) is 9.98 Å². The Kier molecular flexibility index (Phi) is 8.50. The molecule has 1 aromatic carbocycles. The molecule has 33 heavy (non-hydrogen) atoms. The molecule has 2 aromatic rings. The predicted molar refractivity (Wildman–Crippen MR) is 122 cm³/mol. The number of nitrogens with zero attached hydrogens (tertiary/aromatic N) is 7. The van der Waals surface area contributed by atoms with Crippen LogP contribution in [0.1, 0.15) is 36.7 Å². The minimum Gasteiger partial charge on any atom is -0.342 e. The molecule has 0 aliphatic heterocycles. The summed E-state index contributed by atoms with van der Waals surface area (Å²) in [5, 5.41) is 8.26. The first kappa shape index (κ1) is 25.8. The molecule has 0 aliphatic rings. The molecule has 1 aromatic heterocycles. The number of rotatable bonds is 7. The van der Waals surface area contributed by atoms with Crippen molar-refractivity contribution in [1.82, 2.24) is 24.8 Å². The summed E-state index contributed by atoms with van der Waals surface area (Å²) in [5.41, 5.74) is 1.06. The summed E-state index contributed by atoms with van der Waals surface area (Å²) >= 11 is 0. The molecule has 0 N–H and O–H groups in total. The molecule has 8 nitrogen and oxygen atoms in total. The second kappa shape index (κ2) is 10.9. The van der Waals surface area contributed by atoms with Crippen molar-refractivity contribution >= 4 is 18.6 Å². The van der Waals surface area contributed by atoms with Gasteiger partial charge in [-0.1, -0.05) is 11.6 Å². The number of hydrogen-bond donors (Lipinski definition) is 0. The molecule has 178 valence electrons. The highest BCUT2D eigenvalue weighted by Gasteiger charge is 2.30. The van der Waals surface area contributed by atoms with Crippen molar-refractivity contribution in [3.63, 3.8) is 0 Å². The van der Waals surface area contributed by atoms with Gasteiger partial charge in [-0.2, -0.15) is 28.2 Å². The predicted octanol–water partition coefficient (Wildman–Crippen LogP) is 3.88. The largest absolute Gasteiger partial charge is 0.413 e. The summed E-state index contributed by atoms with van der Waals surface area (Å²) in [5.74, 6) is -0.196. The highest BCUT2D eigenvalue weighted by molar-refractivity contribution is 5.98. The Morgan fingerprint density at radius 2 is 1.94 bits per heavy atom. The SMILES string of the molecule is C=NC(=N/C=C(\C)C(F)(F)F)N(C)C[C@H](C)N(CC)C(=O)c1cc(C)ccc1-n1nccn1. The fourth-order valence-electron chi connectivity index (χ4n) is 3.21. The number of hydrogen-bond acceptors (Lipinski definition) is 4. The van der Waals surface area contributed by atoms with Crippen LogP contribution in [0.3, 0.4) is 0 Å². The maximum Gasteiger partial charge on any atom is 0.413 e. The van der Waals surface area contributed by atoms with E-state index in [1.54, 1.807) is 29.0 Å². The summed E-state index contributed by atoms with van der Waals surface area (Å²) in [7, 11) is 1.63. The van der Waals surface area contributed by atoms with Crippen LogP contribution in [0.2, 0.25) is 0 Å². The van der Waals surface area contributed by atoms with Gasteiger partial charge in [-0.15, -0.1) is 0 Å². The summed E-state index contributed by atoms with van der Waals surface area (Å²) in [6.07, 6.45) is -0.700. The zero-order valence-electron chi connectivity index (χ0n) is 19.3. The fourth-order valence-corrected chi connectivity index (χ4v) is 3.21. The quantitative estimate of drug-likeness (QED) is 0.461. The van der Waals surface area contributed by atoms with Crippen molar-refractivity contribution in [1.29, 1.82) is 0 Å². The Bertz CT molecular complexity index is 1030. The molecule has 0 saturated carbocycles. The molecule has 1 amide bonds. The number of alkyl halides is 3. The third-order valence-corrected chi connectivity index (χ3v) is 4.99. The number of aromatic nitrogens is 3. The maximum absolute atomic E-state index is 13.5. The van der Waals surface area contributed by atoms with Crippen LogP contribution in [0.5, 0.6) is 0 Å². The minimum absolute atomic E-state index is 0.0194. The summed E-state index contributed by atoms with van der Waals surface area (Å²) in [6, 6.07) is 5.13. The normalized spacial score (nSPS) is 13.6. The van der Waals surface area contributed by atoms with Crippen LogP contribution in [0.25, 0.3) is 5.69 Å². The van der Waals surface area contributed by atoms with Crippen molar-refractivity contribution in [3.05, 3.63) is 53.5 Å². The van der Waals surface area contributed by atoms with E-state index in [0.29, 0.717) is 24.0 Å². The minimum atomic E-state index is -4.47. The number of likely N-dealkylation sites (N-methyl/N-ethyl adjacent to an activating group) is 2. The second-order valence-corrected chi connectivity index (χ2v) is 7.56. The Hall–Kier alpha value is -3.50. The summed E-state index contributed by atoms with van der Waals surface area (Å²) in [6.45, 7) is 10.6. The van der Waals surface area contributed by atoms with Crippen molar-refractivity contribution in [3.8, 4) is 5.69 Å². The number of guanidine groups is 1. The lowest BCUT2D eigenvalue weighted by Crippen LogP contribution is -2.45. The smallest absolute Gasteiger partial charge is 0.342 e. The molecule has 1 atom stereocenters. The average Bonchev–Trinajstić information content (AvgIpc) is 3.28. The molecule has 0 saturated heterocycles. The average molecular weight is 464 g/mol. The van der Waals surface area contributed by atoms with E-state index in [1.807, 2.05) is 26.8 Å². The van der Waals surface area contributed by atoms with Crippen LogP contribution in [0.4, 0.5) is 13.2 Å². The second-order valence-electron chi connectivity index (χ2n) is 7.56. The van der Waals surface area contributed by atoms with E-state index in [-0.39, 0.29) is 24.5 Å². The third kappa shape index (κ3) is 6.50. The zero-order valence-corrected chi connectivity index (χ0v) is 19.3. The van der Waals surface area contributed by atoms with Crippen LogP contribution in [-0.2, 0) is 0 Å². The van der Waals surface area contributed by atoms with Gasteiger partial charge in [0.15, 0.2) is 0 Å². The van der Waals surface area contributed by atoms with Gasteiger partial charge in [0.05, 0.1) is 23.6 Å². The van der Waals surface area contributed by atoms with Crippen LogP contribution >= 0.6 is 0 Å². The van der Waals surface area contributed by atoms with Gasteiger partial charge >= 0.3 is 6.18 Å². The number of aliphatic imine (C=N–C) groups is 2. The van der Waals surface area contributed by atoms with E-state index in [4.69, 9.17) is 0 Å². The molecule has 0 bridgehead atoms. The third-order valence-electron chi connectivity index (χ3n) is 4.99. The van der Waals surface area contributed by atoms with E-state index >= 15 is 0 Å². The lowest BCUT2D eigenvalue weighted by Gasteiger charge is -2.32. The molecule has 1 heterocycles. The number of carbonyl (C=O) groups excluding carboxylic acids is 1. The lowest BCUT2D eigenvalue weighted by atomic mass is 10.1. The molecule has 2 rings (SSSR count). The van der Waals surface area contributed by atoms with Gasteiger partial charge in [0.2, 0.25) is 5.96 Å². The van der Waals surface area contributed by atoms with Gasteiger partial charge in [-0.3, -0.25) is 4.79 Å². The highest BCUT2D eigenvalue weighted by atomic mass is 19.4. The topological polar surface area (TPSA) is 79.0 Å². The van der Waals surface area contributed by atoms with E-state index < -0.39 is 11.7 Å². The highest BCUT2D eigenvalue weighted by Crippen LogP contribution is 2.24. The molecular weight excluding hydrogens is 435 g/mol. The Balaban J connectivity index is 2.26. The van der Waals surface area contributed by atoms with Gasteiger partial charge in [-0.05, 0) is 46.5 Å². The van der Waals surface area contributed by atoms with Crippen molar-refractivity contribution in [2.45, 2.75) is 39.9 Å². The lowest BCUT2D eigenvalue weighted by molar-refractivity contribution is -0.0914. The monoisotopic (exact) mass is 463 g/mol. The number of aryl methyl sites for hydroxylation is 1. The van der Waals surface area contributed by atoms with E-state index in [0.717, 1.165) is 12.5 Å². The zero-order chi connectivity index (χ0) is 24.8. The van der Waals surface area contributed by atoms with E-state index in [9.17, 15) is 18.0 Å². The first-order chi connectivity index (χ1) is 15.5. The fraction of sp³-hybridized carbons (Fsp3) is 0.409. The van der Waals surface area contributed by atoms with Gasteiger partial charge in [0, 0.05) is 38.0 Å². The number of halogens is 3. The molecule has 0 fully saturated rings. The van der Waals surface area contributed by atoms with Gasteiger partial charge < -0.3 is 9.80 Å². The van der Waals surface area contributed by atoms with Crippen molar-refractivity contribution < 1.29 is 18.0 Å². The molecule has 0 spiro atoms. The van der Waals surface area contributed by atoms with Gasteiger partial charge in [0.1, 0.15) is 0 Å². The number of amides is 1. The molecule has 0 aliphatic carbocycles. The Morgan fingerprint density at radius 3 is 2.48 bits per heavy atom. The van der Waals surface area contributed by atoms with E-state index in [1.165, 1.54) is 17.2 Å². The summed E-state index contributed by atoms with van der Waals surface area (Å²) < 4.78 is 38.2. The van der Waals surface area contributed by atoms with Gasteiger partial charge in [0.25, 0.3) is 5.91 Å². The van der Waals surface area contributed by atoms with Gasteiger partial charge in [-0.25, -0.2) is 9.98 Å². The van der Waals surface area contributed by atoms with Crippen LogP contribution in [0.15, 0.2) is 52.4 Å². The van der Waals surface area contributed by atoms with Crippen molar-refractivity contribution in [2.75, 3.05) is 20.1 Å². The molecule has 0 radical (unpaired) electrons.